The lowest BCUT2D eigenvalue weighted by atomic mass is 10.1. The van der Waals surface area contributed by atoms with Gasteiger partial charge in [0.15, 0.2) is 5.82 Å². The Labute approximate surface area is 158 Å². The molecule has 0 bridgehead atoms. The molecule has 0 aliphatic rings. The van der Waals surface area contributed by atoms with Gasteiger partial charge in [0, 0.05) is 6.20 Å². The number of benzene rings is 1. The lowest BCUT2D eigenvalue weighted by Gasteiger charge is -2.08. The summed E-state index contributed by atoms with van der Waals surface area (Å²) in [7, 11) is -3.46. The van der Waals surface area contributed by atoms with Gasteiger partial charge in [0.2, 0.25) is 10.0 Å². The van der Waals surface area contributed by atoms with Gasteiger partial charge < -0.3 is 5.32 Å². The zero-order valence-electron chi connectivity index (χ0n) is 14.7. The summed E-state index contributed by atoms with van der Waals surface area (Å²) in [5, 5.41) is 11.0. The van der Waals surface area contributed by atoms with Crippen molar-refractivity contribution >= 4 is 21.7 Å². The summed E-state index contributed by atoms with van der Waals surface area (Å²) in [5.41, 5.74) is 2.00. The van der Waals surface area contributed by atoms with E-state index in [1.54, 1.807) is 18.3 Å². The van der Waals surface area contributed by atoms with Gasteiger partial charge in [0.05, 0.1) is 18.0 Å². The minimum atomic E-state index is -3.46. The molecule has 3 rings (SSSR count). The number of hydrogen-bond acceptors (Lipinski definition) is 6. The number of aromatic nitrogens is 3. The SMILES string of the molecule is O=S(=O)(CCCc1ccccc1)Nc1ccc(NCc2ccccn2)nn1. The van der Waals surface area contributed by atoms with E-state index < -0.39 is 10.0 Å². The van der Waals surface area contributed by atoms with Crippen LogP contribution in [0.4, 0.5) is 11.6 Å². The Hall–Kier alpha value is -3.00. The molecule has 0 saturated carbocycles. The number of nitrogens with one attached hydrogen (secondary N) is 2. The smallest absolute Gasteiger partial charge is 0.233 e. The molecule has 8 heteroatoms. The first-order valence-corrected chi connectivity index (χ1v) is 10.3. The Balaban J connectivity index is 1.47. The first kappa shape index (κ1) is 18.8. The first-order chi connectivity index (χ1) is 13.1. The van der Waals surface area contributed by atoms with Crippen LogP contribution in [-0.4, -0.2) is 29.4 Å². The summed E-state index contributed by atoms with van der Waals surface area (Å²) >= 11 is 0. The van der Waals surface area contributed by atoms with Crippen LogP contribution in [0, 0.1) is 0 Å². The van der Waals surface area contributed by atoms with Crippen LogP contribution in [0.1, 0.15) is 17.7 Å². The van der Waals surface area contributed by atoms with Gasteiger partial charge >= 0.3 is 0 Å². The van der Waals surface area contributed by atoms with Gasteiger partial charge in [-0.25, -0.2) is 8.42 Å². The van der Waals surface area contributed by atoms with Crippen LogP contribution >= 0.6 is 0 Å². The number of nitrogens with zero attached hydrogens (tertiary/aromatic N) is 3. The number of pyridine rings is 1. The van der Waals surface area contributed by atoms with Crippen LogP contribution in [0.25, 0.3) is 0 Å². The third kappa shape index (κ3) is 6.34. The molecule has 0 atom stereocenters. The van der Waals surface area contributed by atoms with Crippen LogP contribution in [0.3, 0.4) is 0 Å². The topological polar surface area (TPSA) is 96.9 Å². The van der Waals surface area contributed by atoms with E-state index in [1.807, 2.05) is 48.5 Å². The molecule has 2 heterocycles. The lowest BCUT2D eigenvalue weighted by molar-refractivity contribution is 0.598. The molecule has 2 aromatic heterocycles. The number of sulfonamides is 1. The third-order valence-electron chi connectivity index (χ3n) is 3.82. The molecule has 0 aliphatic carbocycles. The van der Waals surface area contributed by atoms with Gasteiger partial charge in [-0.3, -0.25) is 9.71 Å². The second-order valence-electron chi connectivity index (χ2n) is 5.99. The lowest BCUT2D eigenvalue weighted by Crippen LogP contribution is -2.18. The molecule has 0 fully saturated rings. The normalized spacial score (nSPS) is 11.1. The molecule has 1 aromatic carbocycles. The van der Waals surface area contributed by atoms with Gasteiger partial charge in [-0.1, -0.05) is 36.4 Å². The Kier molecular flexibility index (Phi) is 6.32. The number of hydrogen-bond donors (Lipinski definition) is 2. The molecule has 0 saturated heterocycles. The molecule has 0 amide bonds. The third-order valence-corrected chi connectivity index (χ3v) is 5.17. The van der Waals surface area contributed by atoms with Gasteiger partial charge in [0.25, 0.3) is 0 Å². The minimum Gasteiger partial charge on any atom is -0.363 e. The maximum atomic E-state index is 12.2. The average Bonchev–Trinajstić information content (AvgIpc) is 2.69. The molecule has 0 radical (unpaired) electrons. The second-order valence-corrected chi connectivity index (χ2v) is 7.83. The summed E-state index contributed by atoms with van der Waals surface area (Å²) < 4.78 is 26.8. The monoisotopic (exact) mass is 383 g/mol. The molecule has 0 spiro atoms. The van der Waals surface area contributed by atoms with Gasteiger partial charge in [0.1, 0.15) is 5.82 Å². The highest BCUT2D eigenvalue weighted by Gasteiger charge is 2.11. The molecule has 7 nitrogen and oxygen atoms in total. The summed E-state index contributed by atoms with van der Waals surface area (Å²) in [5.74, 6) is 0.786. The average molecular weight is 383 g/mol. The fourth-order valence-corrected chi connectivity index (χ4v) is 3.54. The maximum Gasteiger partial charge on any atom is 0.233 e. The predicted molar refractivity (Wildman–Crippen MR) is 106 cm³/mol. The number of aryl methyl sites for hydroxylation is 1. The van der Waals surface area contributed by atoms with Crippen molar-refractivity contribution < 1.29 is 8.42 Å². The molecule has 2 N–H and O–H groups in total. The van der Waals surface area contributed by atoms with Crippen molar-refractivity contribution in [2.75, 3.05) is 15.8 Å². The van der Waals surface area contributed by atoms with Gasteiger partial charge in [-0.05, 0) is 42.7 Å². The standard InChI is InChI=1S/C19H21N5O2S/c25-27(26,14-6-9-16-7-2-1-3-8-16)24-19-12-11-18(22-23-19)21-15-17-10-4-5-13-20-17/h1-5,7-8,10-13H,6,9,14-15H2,(H,21,22)(H,23,24). The van der Waals surface area contributed by atoms with Crippen molar-refractivity contribution in [2.24, 2.45) is 0 Å². The first-order valence-electron chi connectivity index (χ1n) is 8.63. The van der Waals surface area contributed by atoms with Crippen molar-refractivity contribution in [1.82, 2.24) is 15.2 Å². The van der Waals surface area contributed by atoms with E-state index in [9.17, 15) is 8.42 Å². The molecule has 140 valence electrons. The molecule has 3 aromatic rings. The fourth-order valence-electron chi connectivity index (χ4n) is 2.49. The van der Waals surface area contributed by atoms with Crippen LogP contribution in [-0.2, 0) is 23.0 Å². The van der Waals surface area contributed by atoms with Crippen LogP contribution in [0.15, 0.2) is 66.9 Å². The summed E-state index contributed by atoms with van der Waals surface area (Å²) in [4.78, 5) is 4.21. The molecular weight excluding hydrogens is 362 g/mol. The highest BCUT2D eigenvalue weighted by Crippen LogP contribution is 2.10. The van der Waals surface area contributed by atoms with Crippen LogP contribution in [0.5, 0.6) is 0 Å². The molecule has 0 unspecified atom stereocenters. The second kappa shape index (κ2) is 9.09. The van der Waals surface area contributed by atoms with Crippen molar-refractivity contribution in [3.05, 3.63) is 78.1 Å². The zero-order chi connectivity index (χ0) is 19.0. The van der Waals surface area contributed by atoms with E-state index in [-0.39, 0.29) is 11.6 Å². The van der Waals surface area contributed by atoms with E-state index in [1.165, 1.54) is 0 Å². The van der Waals surface area contributed by atoms with Crippen molar-refractivity contribution in [2.45, 2.75) is 19.4 Å². The quantitative estimate of drug-likeness (QED) is 0.590. The highest BCUT2D eigenvalue weighted by atomic mass is 32.2. The number of rotatable bonds is 9. The molecule has 0 aliphatic heterocycles. The van der Waals surface area contributed by atoms with E-state index in [2.05, 4.69) is 25.2 Å². The Morgan fingerprint density at radius 2 is 1.59 bits per heavy atom. The largest absolute Gasteiger partial charge is 0.363 e. The van der Waals surface area contributed by atoms with Gasteiger partial charge in [-0.15, -0.1) is 10.2 Å². The Morgan fingerprint density at radius 3 is 2.30 bits per heavy atom. The number of anilines is 2. The molecule has 27 heavy (non-hydrogen) atoms. The van der Waals surface area contributed by atoms with E-state index in [4.69, 9.17) is 0 Å². The Morgan fingerprint density at radius 1 is 0.852 bits per heavy atom. The van der Waals surface area contributed by atoms with E-state index >= 15 is 0 Å². The van der Waals surface area contributed by atoms with Crippen molar-refractivity contribution in [3.8, 4) is 0 Å². The highest BCUT2D eigenvalue weighted by molar-refractivity contribution is 7.92. The predicted octanol–water partition coefficient (Wildman–Crippen LogP) is 2.86. The summed E-state index contributed by atoms with van der Waals surface area (Å²) in [6.45, 7) is 0.514. The maximum absolute atomic E-state index is 12.2. The summed E-state index contributed by atoms with van der Waals surface area (Å²) in [6.07, 6.45) is 2.97. The molecular formula is C19H21N5O2S. The van der Waals surface area contributed by atoms with Gasteiger partial charge in [-0.2, -0.15) is 0 Å². The van der Waals surface area contributed by atoms with Crippen LogP contribution in [0.2, 0.25) is 0 Å². The van der Waals surface area contributed by atoms with Crippen molar-refractivity contribution in [1.29, 1.82) is 0 Å². The van der Waals surface area contributed by atoms with Crippen molar-refractivity contribution in [3.63, 3.8) is 0 Å². The minimum absolute atomic E-state index is 0.0310. The summed E-state index contributed by atoms with van der Waals surface area (Å²) in [6, 6.07) is 18.7. The van der Waals surface area contributed by atoms with E-state index in [0.29, 0.717) is 25.2 Å². The van der Waals surface area contributed by atoms with E-state index in [0.717, 1.165) is 11.3 Å². The van der Waals surface area contributed by atoms with Crippen LogP contribution < -0.4 is 10.0 Å². The zero-order valence-corrected chi connectivity index (χ0v) is 15.6. The fraction of sp³-hybridized carbons (Fsp3) is 0.211. The Bertz CT molecular complexity index is 933.